The molecule has 0 aliphatic heterocycles. The highest BCUT2D eigenvalue weighted by Crippen LogP contribution is 2.26. The second kappa shape index (κ2) is 4.47. The molecule has 0 fully saturated rings. The van der Waals surface area contributed by atoms with Crippen molar-refractivity contribution in [3.8, 4) is 0 Å². The summed E-state index contributed by atoms with van der Waals surface area (Å²) in [4.78, 5) is 0. The van der Waals surface area contributed by atoms with Crippen LogP contribution in [0.1, 0.15) is 35.6 Å². The van der Waals surface area contributed by atoms with Crippen molar-refractivity contribution in [2.75, 3.05) is 5.43 Å². The summed E-state index contributed by atoms with van der Waals surface area (Å²) in [5.74, 6) is 5.52. The molecule has 1 aromatic rings. The van der Waals surface area contributed by atoms with Crippen LogP contribution in [0.5, 0.6) is 0 Å². The number of nitrogen functional groups attached to an aromatic ring is 1. The van der Waals surface area contributed by atoms with E-state index in [1.165, 1.54) is 28.7 Å². The summed E-state index contributed by atoms with van der Waals surface area (Å²) in [5.41, 5.74) is 9.21. The van der Waals surface area contributed by atoms with Gasteiger partial charge in [-0.1, -0.05) is 19.4 Å². The minimum absolute atomic E-state index is 1.08. The maximum atomic E-state index is 5.52. The Morgan fingerprint density at radius 1 is 1.21 bits per heavy atom. The van der Waals surface area contributed by atoms with Gasteiger partial charge in [0.15, 0.2) is 0 Å². The second-order valence-electron chi connectivity index (χ2n) is 3.88. The Labute approximate surface area is 86.5 Å². The molecule has 0 unspecified atom stereocenters. The van der Waals surface area contributed by atoms with Crippen molar-refractivity contribution >= 4 is 5.69 Å². The Hall–Kier alpha value is -1.02. The predicted octanol–water partition coefficient (Wildman–Crippen LogP) is 2.85. The third kappa shape index (κ3) is 1.90. The Bertz CT molecular complexity index is 330. The molecule has 1 rings (SSSR count). The van der Waals surface area contributed by atoms with Crippen LogP contribution in [0.2, 0.25) is 0 Å². The molecule has 0 saturated carbocycles. The van der Waals surface area contributed by atoms with Crippen molar-refractivity contribution in [2.24, 2.45) is 5.84 Å². The highest BCUT2D eigenvalue weighted by Gasteiger charge is 2.08. The molecule has 0 saturated heterocycles. The normalized spacial score (nSPS) is 10.4. The molecule has 2 heteroatoms. The lowest BCUT2D eigenvalue weighted by Gasteiger charge is -2.16. The molecule has 3 N–H and O–H groups in total. The Morgan fingerprint density at radius 3 is 2.36 bits per heavy atom. The third-order valence-corrected chi connectivity index (χ3v) is 2.78. The van der Waals surface area contributed by atoms with E-state index in [0.29, 0.717) is 0 Å². The van der Waals surface area contributed by atoms with E-state index >= 15 is 0 Å². The highest BCUT2D eigenvalue weighted by atomic mass is 15.2. The van der Waals surface area contributed by atoms with Crippen molar-refractivity contribution < 1.29 is 0 Å². The number of hydrogen-bond acceptors (Lipinski definition) is 2. The second-order valence-corrected chi connectivity index (χ2v) is 3.88. The molecule has 1 aromatic carbocycles. The van der Waals surface area contributed by atoms with Crippen LogP contribution in [0.15, 0.2) is 6.07 Å². The first-order valence-electron chi connectivity index (χ1n) is 5.18. The van der Waals surface area contributed by atoms with Crippen molar-refractivity contribution in [1.82, 2.24) is 0 Å². The number of hydrogen-bond donors (Lipinski definition) is 2. The molecule has 0 aromatic heterocycles. The van der Waals surface area contributed by atoms with Crippen molar-refractivity contribution in [3.63, 3.8) is 0 Å². The molecule has 78 valence electrons. The fourth-order valence-corrected chi connectivity index (χ4v) is 2.08. The lowest BCUT2D eigenvalue weighted by molar-refractivity contribution is 0.902. The van der Waals surface area contributed by atoms with Crippen LogP contribution in [0.4, 0.5) is 5.69 Å². The van der Waals surface area contributed by atoms with E-state index in [-0.39, 0.29) is 0 Å². The van der Waals surface area contributed by atoms with Gasteiger partial charge in [0, 0.05) is 0 Å². The third-order valence-electron chi connectivity index (χ3n) is 2.78. The minimum atomic E-state index is 1.08. The number of aryl methyl sites for hydroxylation is 2. The van der Waals surface area contributed by atoms with Gasteiger partial charge in [0.25, 0.3) is 0 Å². The number of hydrazine groups is 1. The molecule has 0 radical (unpaired) electrons. The van der Waals surface area contributed by atoms with Crippen LogP contribution < -0.4 is 11.3 Å². The minimum Gasteiger partial charge on any atom is -0.324 e. The molecule has 14 heavy (non-hydrogen) atoms. The molecule has 0 atom stereocenters. The number of nitrogens with one attached hydrogen (secondary N) is 1. The molecular formula is C12H20N2. The van der Waals surface area contributed by atoms with Gasteiger partial charge in [0.05, 0.1) is 5.69 Å². The Kier molecular flexibility index (Phi) is 3.53. The summed E-state index contributed by atoms with van der Waals surface area (Å²) in [6.45, 7) is 8.60. The largest absolute Gasteiger partial charge is 0.324 e. The zero-order valence-electron chi connectivity index (χ0n) is 9.57. The SMILES string of the molecule is CCCc1c(C)cc(C)c(NN)c1C. The van der Waals surface area contributed by atoms with E-state index in [1.54, 1.807) is 0 Å². The fourth-order valence-electron chi connectivity index (χ4n) is 2.08. The summed E-state index contributed by atoms with van der Waals surface area (Å²) in [5, 5.41) is 0. The van der Waals surface area contributed by atoms with E-state index < -0.39 is 0 Å². The zero-order chi connectivity index (χ0) is 10.7. The fraction of sp³-hybridized carbons (Fsp3) is 0.500. The molecule has 0 heterocycles. The maximum Gasteiger partial charge on any atom is 0.0546 e. The van der Waals surface area contributed by atoms with E-state index in [1.807, 2.05) is 0 Å². The van der Waals surface area contributed by atoms with Crippen LogP contribution in [-0.4, -0.2) is 0 Å². The van der Waals surface area contributed by atoms with Gasteiger partial charge in [-0.3, -0.25) is 5.84 Å². The van der Waals surface area contributed by atoms with Crippen LogP contribution in [0.3, 0.4) is 0 Å². The standard InChI is InChI=1S/C12H20N2/c1-5-6-11-8(2)7-9(3)12(14-13)10(11)4/h7,14H,5-6,13H2,1-4H3. The average Bonchev–Trinajstić information content (AvgIpc) is 2.12. The van der Waals surface area contributed by atoms with Crippen molar-refractivity contribution in [2.45, 2.75) is 40.5 Å². The van der Waals surface area contributed by atoms with Gasteiger partial charge in [-0.15, -0.1) is 0 Å². The van der Waals surface area contributed by atoms with Gasteiger partial charge in [0.2, 0.25) is 0 Å². The first kappa shape index (κ1) is 11.1. The summed E-state index contributed by atoms with van der Waals surface area (Å²) in [7, 11) is 0. The zero-order valence-corrected chi connectivity index (χ0v) is 9.57. The number of nitrogens with two attached hydrogens (primary N) is 1. The van der Waals surface area contributed by atoms with Gasteiger partial charge in [-0.05, 0) is 49.4 Å². The van der Waals surface area contributed by atoms with Crippen LogP contribution >= 0.6 is 0 Å². The maximum absolute atomic E-state index is 5.52. The lowest BCUT2D eigenvalue weighted by Crippen LogP contribution is -2.11. The van der Waals surface area contributed by atoms with E-state index in [0.717, 1.165) is 12.1 Å². The summed E-state index contributed by atoms with van der Waals surface area (Å²) in [6.07, 6.45) is 2.31. The van der Waals surface area contributed by atoms with Gasteiger partial charge in [-0.2, -0.15) is 0 Å². The molecule has 0 bridgehead atoms. The van der Waals surface area contributed by atoms with Gasteiger partial charge in [0.1, 0.15) is 0 Å². The summed E-state index contributed by atoms with van der Waals surface area (Å²) < 4.78 is 0. The molecule has 0 amide bonds. The summed E-state index contributed by atoms with van der Waals surface area (Å²) >= 11 is 0. The lowest BCUT2D eigenvalue weighted by atomic mass is 9.94. The summed E-state index contributed by atoms with van der Waals surface area (Å²) in [6, 6.07) is 2.20. The molecule has 0 aliphatic rings. The Balaban J connectivity index is 3.28. The van der Waals surface area contributed by atoms with Crippen LogP contribution in [-0.2, 0) is 6.42 Å². The van der Waals surface area contributed by atoms with Crippen molar-refractivity contribution in [1.29, 1.82) is 0 Å². The first-order valence-corrected chi connectivity index (χ1v) is 5.18. The number of benzene rings is 1. The molecule has 2 nitrogen and oxygen atoms in total. The first-order chi connectivity index (χ1) is 6.61. The number of rotatable bonds is 3. The quantitative estimate of drug-likeness (QED) is 0.571. The number of anilines is 1. The molecular weight excluding hydrogens is 172 g/mol. The smallest absolute Gasteiger partial charge is 0.0546 e. The van der Waals surface area contributed by atoms with E-state index in [4.69, 9.17) is 5.84 Å². The molecule has 0 spiro atoms. The van der Waals surface area contributed by atoms with Crippen molar-refractivity contribution in [3.05, 3.63) is 28.3 Å². The highest BCUT2D eigenvalue weighted by molar-refractivity contribution is 5.61. The predicted molar refractivity (Wildman–Crippen MR) is 62.5 cm³/mol. The van der Waals surface area contributed by atoms with Gasteiger partial charge in [-0.25, -0.2) is 0 Å². The molecule has 0 aliphatic carbocycles. The monoisotopic (exact) mass is 192 g/mol. The van der Waals surface area contributed by atoms with Gasteiger partial charge < -0.3 is 5.43 Å². The van der Waals surface area contributed by atoms with Crippen LogP contribution in [0.25, 0.3) is 0 Å². The van der Waals surface area contributed by atoms with E-state index in [9.17, 15) is 0 Å². The van der Waals surface area contributed by atoms with Gasteiger partial charge >= 0.3 is 0 Å². The topological polar surface area (TPSA) is 38.0 Å². The Morgan fingerprint density at radius 2 is 1.86 bits per heavy atom. The average molecular weight is 192 g/mol. The van der Waals surface area contributed by atoms with Crippen LogP contribution in [0, 0.1) is 20.8 Å². The van der Waals surface area contributed by atoms with E-state index in [2.05, 4.69) is 39.2 Å².